The van der Waals surface area contributed by atoms with E-state index < -0.39 is 26.9 Å². The molecule has 0 spiro atoms. The van der Waals surface area contributed by atoms with Crippen molar-refractivity contribution in [1.29, 1.82) is 0 Å². The molecule has 0 amide bonds. The minimum Gasteiger partial charge on any atom is -0.256 e. The fraction of sp³-hybridized carbons (Fsp3) is 0.0833. The van der Waals surface area contributed by atoms with Gasteiger partial charge in [0.05, 0.1) is 22.1 Å². The molecule has 4 nitrogen and oxygen atoms in total. The number of nitrogens with zero attached hydrogens (tertiary/aromatic N) is 4. The van der Waals surface area contributed by atoms with Crippen LogP contribution in [0.15, 0.2) is 267 Å². The van der Waals surface area contributed by atoms with Gasteiger partial charge in [0.2, 0.25) is 0 Å². The summed E-state index contributed by atoms with van der Waals surface area (Å²) in [5.74, 6) is 0. The number of allylic oxidation sites excluding steroid dienone is 4. The smallest absolute Gasteiger partial charge is 0.0708 e. The maximum Gasteiger partial charge on any atom is 0.0708 e. The van der Waals surface area contributed by atoms with Crippen LogP contribution in [0.2, 0.25) is 13.1 Å². The standard InChI is InChI=1S/C72H54N4Si2/c1-77-69(55-39-45-73-61-35-19-15-31-53(55)61)65(49-23-7-3-8-24-49)67(51-27-11-5-12-28-51)71(77,59-41-47-75-63-37-21-17-33-57(59)63)43-44-72(60-42-48-76-64-38-22-18-34-58(60)64)68(52-29-13-6-14-30-52)66(50-25-9-4-10-26-50)70(78(72)2)56-40-46-74-62-36-20-16-32-54(56)62/h3-42,45-48H,43-44H2,1-2H3. The first-order chi connectivity index (χ1) is 38.6. The lowest BCUT2D eigenvalue weighted by molar-refractivity contribution is 0.571. The molecule has 0 radical (unpaired) electrons. The molecule has 0 fully saturated rings. The van der Waals surface area contributed by atoms with Crippen LogP contribution in [-0.4, -0.2) is 47.1 Å². The maximum atomic E-state index is 5.13. The zero-order chi connectivity index (χ0) is 52.2. The van der Waals surface area contributed by atoms with Gasteiger partial charge in [0.25, 0.3) is 0 Å². The van der Waals surface area contributed by atoms with E-state index in [0.29, 0.717) is 0 Å². The van der Waals surface area contributed by atoms with Crippen LogP contribution in [0.5, 0.6) is 0 Å². The third-order valence-electron chi connectivity index (χ3n) is 17.1. The maximum absolute atomic E-state index is 5.13. The molecule has 0 saturated carbocycles. The molecule has 2 atom stereocenters. The molecular weight excluding hydrogens is 977 g/mol. The zero-order valence-electron chi connectivity index (χ0n) is 43.6. The van der Waals surface area contributed by atoms with Gasteiger partial charge in [0.1, 0.15) is 0 Å². The van der Waals surface area contributed by atoms with Gasteiger partial charge in [-0.25, -0.2) is 0 Å². The number of rotatable bonds is 11. The first-order valence-corrected chi connectivity index (χ1v) is 31.1. The first kappa shape index (κ1) is 47.5. The largest absolute Gasteiger partial charge is 0.256 e. The van der Waals surface area contributed by atoms with E-state index in [9.17, 15) is 0 Å². The Bertz CT molecular complexity index is 4150. The van der Waals surface area contributed by atoms with Crippen LogP contribution in [0.3, 0.4) is 0 Å². The highest BCUT2D eigenvalue weighted by Gasteiger charge is 2.54. The number of hydrogen-bond donors (Lipinski definition) is 0. The summed E-state index contributed by atoms with van der Waals surface area (Å²) in [4.78, 5) is 20.3. The Morgan fingerprint density at radius 1 is 0.295 bits per heavy atom. The van der Waals surface area contributed by atoms with Gasteiger partial charge in [0.15, 0.2) is 0 Å². The summed E-state index contributed by atoms with van der Waals surface area (Å²) in [6.07, 6.45) is 9.89. The molecule has 2 aliphatic heterocycles. The van der Waals surface area contributed by atoms with Crippen molar-refractivity contribution >= 4 is 93.1 Å². The van der Waals surface area contributed by atoms with Gasteiger partial charge in [-0.05, 0) is 139 Å². The summed E-state index contributed by atoms with van der Waals surface area (Å²) in [5, 5.41) is 6.55. The van der Waals surface area contributed by atoms with E-state index >= 15 is 0 Å². The molecule has 12 aromatic rings. The zero-order valence-corrected chi connectivity index (χ0v) is 45.6. The van der Waals surface area contributed by atoms with Crippen LogP contribution < -0.4 is 0 Å². The third-order valence-corrected chi connectivity index (χ3v) is 23.7. The van der Waals surface area contributed by atoms with Crippen molar-refractivity contribution in [2.45, 2.75) is 36.0 Å². The van der Waals surface area contributed by atoms with Crippen molar-refractivity contribution in [3.05, 3.63) is 312 Å². The van der Waals surface area contributed by atoms with E-state index in [4.69, 9.17) is 19.9 Å². The predicted octanol–water partition coefficient (Wildman–Crippen LogP) is 16.0. The number of para-hydroxylation sites is 4. The molecule has 0 saturated heterocycles. The van der Waals surface area contributed by atoms with Gasteiger partial charge in [-0.3, -0.25) is 19.9 Å². The molecule has 2 unspecified atom stereocenters. The van der Waals surface area contributed by atoms with Crippen LogP contribution in [0, 0.1) is 0 Å². The molecule has 6 heteroatoms. The van der Waals surface area contributed by atoms with E-state index in [-0.39, 0.29) is 0 Å². The van der Waals surface area contributed by atoms with Crippen molar-refractivity contribution < 1.29 is 0 Å². The number of benzene rings is 8. The molecule has 8 aromatic carbocycles. The van der Waals surface area contributed by atoms with Gasteiger partial charge in [-0.2, -0.15) is 0 Å². The first-order valence-electron chi connectivity index (χ1n) is 27.1. The van der Waals surface area contributed by atoms with Gasteiger partial charge in [-0.1, -0.05) is 207 Å². The minimum absolute atomic E-state index is 0.530. The molecule has 78 heavy (non-hydrogen) atoms. The predicted molar refractivity (Wildman–Crippen MR) is 330 cm³/mol. The highest BCUT2D eigenvalue weighted by Crippen LogP contribution is 2.59. The summed E-state index contributed by atoms with van der Waals surface area (Å²) in [6, 6.07) is 89.9. The average molecular weight is 1030 g/mol. The average Bonchev–Trinajstić information content (AvgIpc) is 3.89. The van der Waals surface area contributed by atoms with Crippen molar-refractivity contribution in [2.24, 2.45) is 0 Å². The van der Waals surface area contributed by atoms with Crippen molar-refractivity contribution in [3.8, 4) is 0 Å². The molecule has 14 rings (SSSR count). The number of hydrogen-bond acceptors (Lipinski definition) is 4. The summed E-state index contributed by atoms with van der Waals surface area (Å²) < 4.78 is 0. The number of aromatic nitrogens is 4. The Labute approximate surface area is 458 Å². The lowest BCUT2D eigenvalue weighted by atomic mass is 9.72. The summed E-state index contributed by atoms with van der Waals surface area (Å²) in [5.41, 5.74) is 19.6. The van der Waals surface area contributed by atoms with Crippen molar-refractivity contribution in [3.63, 3.8) is 0 Å². The highest BCUT2D eigenvalue weighted by molar-refractivity contribution is 6.89. The molecule has 370 valence electrons. The second kappa shape index (κ2) is 19.6. The topological polar surface area (TPSA) is 51.6 Å². The van der Waals surface area contributed by atoms with Gasteiger partial charge in [0, 0.05) is 73.2 Å². The second-order valence-electron chi connectivity index (χ2n) is 20.8. The van der Waals surface area contributed by atoms with Crippen LogP contribution >= 0.6 is 0 Å². The van der Waals surface area contributed by atoms with Crippen LogP contribution in [0.4, 0.5) is 0 Å². The van der Waals surface area contributed by atoms with E-state index in [1.165, 1.54) is 98.7 Å². The fourth-order valence-electron chi connectivity index (χ4n) is 13.8. The van der Waals surface area contributed by atoms with E-state index in [0.717, 1.165) is 34.9 Å². The SMILES string of the molecule is C[Si]1=C(c2ccnc3ccccc23)C(c2ccccc2)=C(c2ccccc2)C1(CCC1(c2ccnc3ccccc23)C(c2ccccc2)=C(c2ccccc2)C(c2ccnc3ccccc23)=[Si]1C)c1ccnc2ccccc12. The van der Waals surface area contributed by atoms with Crippen LogP contribution in [-0.2, 0) is 10.1 Å². The Kier molecular flexibility index (Phi) is 11.9. The van der Waals surface area contributed by atoms with Gasteiger partial charge < -0.3 is 0 Å². The molecular formula is C72H54N4Si2. The summed E-state index contributed by atoms with van der Waals surface area (Å²) in [6.45, 7) is 5.27. The molecule has 2 aliphatic rings. The Hall–Kier alpha value is -8.95. The Morgan fingerprint density at radius 2 is 0.577 bits per heavy atom. The lowest BCUT2D eigenvalue weighted by Crippen LogP contribution is -2.43. The van der Waals surface area contributed by atoms with Crippen LogP contribution in [0.1, 0.15) is 57.3 Å². The molecule has 0 N–H and O–H groups in total. The van der Waals surface area contributed by atoms with E-state index in [1.54, 1.807) is 0 Å². The van der Waals surface area contributed by atoms with E-state index in [1.807, 2.05) is 12.4 Å². The van der Waals surface area contributed by atoms with Crippen molar-refractivity contribution in [1.82, 2.24) is 19.9 Å². The Balaban J connectivity index is 1.17. The highest BCUT2D eigenvalue weighted by atomic mass is 28.2. The minimum atomic E-state index is -1.71. The monoisotopic (exact) mass is 1030 g/mol. The van der Waals surface area contributed by atoms with Gasteiger partial charge >= 0.3 is 0 Å². The van der Waals surface area contributed by atoms with Crippen LogP contribution in [0.25, 0.3) is 65.9 Å². The number of pyridine rings is 4. The van der Waals surface area contributed by atoms with Crippen molar-refractivity contribution in [2.75, 3.05) is 0 Å². The second-order valence-corrected chi connectivity index (χ2v) is 26.0. The third kappa shape index (κ3) is 7.46. The fourth-order valence-corrected chi connectivity index (χ4v) is 20.7. The molecule has 0 aliphatic carbocycles. The lowest BCUT2D eigenvalue weighted by Gasteiger charge is -2.43. The molecule has 4 aromatic heterocycles. The Morgan fingerprint density at radius 3 is 0.936 bits per heavy atom. The van der Waals surface area contributed by atoms with Gasteiger partial charge in [-0.15, -0.1) is 0 Å². The van der Waals surface area contributed by atoms with E-state index in [2.05, 4.69) is 268 Å². The summed E-state index contributed by atoms with van der Waals surface area (Å²) in [7, 11) is -3.43. The number of fused-ring (bicyclic) bond motifs is 4. The molecule has 6 heterocycles. The molecule has 0 bridgehead atoms. The normalized spacial score (nSPS) is 17.6. The summed E-state index contributed by atoms with van der Waals surface area (Å²) >= 11 is 0. The quantitative estimate of drug-likeness (QED) is 0.121.